The molecule has 1 aliphatic carbocycles. The van der Waals surface area contributed by atoms with Crippen molar-refractivity contribution in [2.24, 2.45) is 17.8 Å². The molecule has 1 aliphatic rings. The third kappa shape index (κ3) is 4.59. The summed E-state index contributed by atoms with van der Waals surface area (Å²) in [5.74, 6) is 0.440. The van der Waals surface area contributed by atoms with Crippen molar-refractivity contribution in [2.75, 3.05) is 19.6 Å². The van der Waals surface area contributed by atoms with E-state index >= 15 is 0 Å². The lowest BCUT2D eigenvalue weighted by molar-refractivity contribution is -0.150. The Morgan fingerprint density at radius 1 is 1.33 bits per heavy atom. The standard InChI is InChI=1S/C13H22F3NO/c1-4-17(8-13(14,15)16)7-11-10(3)5-9(2)6-12(11)18/h9-11H,4-8H2,1-3H3. The normalized spacial score (nSPS) is 29.9. The summed E-state index contributed by atoms with van der Waals surface area (Å²) in [5.41, 5.74) is 0. The van der Waals surface area contributed by atoms with Crippen LogP contribution in [-0.4, -0.2) is 36.5 Å². The zero-order chi connectivity index (χ0) is 13.9. The van der Waals surface area contributed by atoms with Crippen LogP contribution < -0.4 is 0 Å². The predicted molar refractivity (Wildman–Crippen MR) is 64.2 cm³/mol. The first kappa shape index (κ1) is 15.5. The van der Waals surface area contributed by atoms with Crippen molar-refractivity contribution in [1.29, 1.82) is 0 Å². The van der Waals surface area contributed by atoms with Crippen molar-refractivity contribution >= 4 is 5.78 Å². The van der Waals surface area contributed by atoms with Gasteiger partial charge in [-0.2, -0.15) is 13.2 Å². The molecule has 0 heterocycles. The highest BCUT2D eigenvalue weighted by Gasteiger charge is 2.36. The van der Waals surface area contributed by atoms with Crippen molar-refractivity contribution in [1.82, 2.24) is 4.90 Å². The predicted octanol–water partition coefficient (Wildman–Crippen LogP) is 3.12. The molecule has 0 aliphatic heterocycles. The lowest BCUT2D eigenvalue weighted by Crippen LogP contribution is -2.43. The molecule has 0 aromatic rings. The summed E-state index contributed by atoms with van der Waals surface area (Å²) < 4.78 is 37.1. The van der Waals surface area contributed by atoms with Gasteiger partial charge in [0, 0.05) is 18.9 Å². The molecule has 0 N–H and O–H groups in total. The van der Waals surface area contributed by atoms with Gasteiger partial charge < -0.3 is 0 Å². The molecule has 3 atom stereocenters. The topological polar surface area (TPSA) is 20.3 Å². The molecule has 0 aromatic heterocycles. The number of ketones is 1. The molecule has 1 saturated carbocycles. The lowest BCUT2D eigenvalue weighted by Gasteiger charge is -2.35. The average molecular weight is 265 g/mol. The van der Waals surface area contributed by atoms with E-state index in [2.05, 4.69) is 0 Å². The van der Waals surface area contributed by atoms with Crippen LogP contribution in [0.15, 0.2) is 0 Å². The Balaban J connectivity index is 2.61. The molecule has 5 heteroatoms. The molecule has 3 unspecified atom stereocenters. The zero-order valence-corrected chi connectivity index (χ0v) is 11.3. The van der Waals surface area contributed by atoms with Crippen molar-refractivity contribution in [3.05, 3.63) is 0 Å². The largest absolute Gasteiger partial charge is 0.401 e. The quantitative estimate of drug-likeness (QED) is 0.778. The summed E-state index contributed by atoms with van der Waals surface area (Å²) in [6, 6.07) is 0. The maximum Gasteiger partial charge on any atom is 0.401 e. The van der Waals surface area contributed by atoms with Crippen LogP contribution in [0.25, 0.3) is 0 Å². The van der Waals surface area contributed by atoms with E-state index in [1.807, 2.05) is 13.8 Å². The lowest BCUT2D eigenvalue weighted by atomic mass is 9.74. The fourth-order valence-electron chi connectivity index (χ4n) is 2.81. The fourth-order valence-corrected chi connectivity index (χ4v) is 2.81. The SMILES string of the molecule is CCN(CC1C(=O)CC(C)CC1C)CC(F)(F)F. The molecule has 0 amide bonds. The van der Waals surface area contributed by atoms with Gasteiger partial charge in [-0.25, -0.2) is 0 Å². The third-order valence-electron chi connectivity index (χ3n) is 3.73. The van der Waals surface area contributed by atoms with Crippen LogP contribution in [0.3, 0.4) is 0 Å². The zero-order valence-electron chi connectivity index (χ0n) is 11.3. The maximum atomic E-state index is 12.4. The van der Waals surface area contributed by atoms with Crippen LogP contribution >= 0.6 is 0 Å². The number of Topliss-reactive ketones (excluding diaryl/α,β-unsaturated/α-hetero) is 1. The Kier molecular flexibility index (Phi) is 5.20. The second kappa shape index (κ2) is 6.04. The molecular weight excluding hydrogens is 243 g/mol. The summed E-state index contributed by atoms with van der Waals surface area (Å²) in [4.78, 5) is 13.3. The Hall–Kier alpha value is -0.580. The summed E-state index contributed by atoms with van der Waals surface area (Å²) in [6.07, 6.45) is -2.75. The number of carbonyl (C=O) groups excluding carboxylic acids is 1. The number of carbonyl (C=O) groups is 1. The van der Waals surface area contributed by atoms with Crippen molar-refractivity contribution in [3.63, 3.8) is 0 Å². The van der Waals surface area contributed by atoms with Crippen LogP contribution in [0.2, 0.25) is 0 Å². The number of nitrogens with zero attached hydrogens (tertiary/aromatic N) is 1. The Labute approximate surface area is 107 Å². The molecule has 0 spiro atoms. The summed E-state index contributed by atoms with van der Waals surface area (Å²) in [6.45, 7) is 5.34. The second-order valence-corrected chi connectivity index (χ2v) is 5.54. The van der Waals surface area contributed by atoms with Crippen LogP contribution in [0.1, 0.15) is 33.6 Å². The highest BCUT2D eigenvalue weighted by molar-refractivity contribution is 5.82. The number of hydrogen-bond donors (Lipinski definition) is 0. The smallest absolute Gasteiger partial charge is 0.299 e. The van der Waals surface area contributed by atoms with Gasteiger partial charge in [-0.3, -0.25) is 9.69 Å². The molecule has 2 nitrogen and oxygen atoms in total. The molecular formula is C13H22F3NO. The first-order valence-electron chi connectivity index (χ1n) is 6.54. The van der Waals surface area contributed by atoms with Crippen LogP contribution in [0.5, 0.6) is 0 Å². The van der Waals surface area contributed by atoms with Gasteiger partial charge in [-0.1, -0.05) is 20.8 Å². The van der Waals surface area contributed by atoms with Gasteiger partial charge in [-0.15, -0.1) is 0 Å². The van der Waals surface area contributed by atoms with Gasteiger partial charge in [0.15, 0.2) is 0 Å². The molecule has 0 saturated heterocycles. The number of rotatable bonds is 4. The number of alkyl halides is 3. The third-order valence-corrected chi connectivity index (χ3v) is 3.73. The fraction of sp³-hybridized carbons (Fsp3) is 0.923. The molecule has 0 radical (unpaired) electrons. The second-order valence-electron chi connectivity index (χ2n) is 5.54. The van der Waals surface area contributed by atoms with Crippen molar-refractivity contribution in [3.8, 4) is 0 Å². The van der Waals surface area contributed by atoms with Gasteiger partial charge >= 0.3 is 6.18 Å². The molecule has 1 fully saturated rings. The average Bonchev–Trinajstić information content (AvgIpc) is 2.19. The van der Waals surface area contributed by atoms with E-state index in [-0.39, 0.29) is 24.2 Å². The highest BCUT2D eigenvalue weighted by atomic mass is 19.4. The van der Waals surface area contributed by atoms with Crippen molar-refractivity contribution in [2.45, 2.75) is 39.8 Å². The van der Waals surface area contributed by atoms with E-state index in [0.29, 0.717) is 18.9 Å². The Morgan fingerprint density at radius 3 is 2.39 bits per heavy atom. The molecule has 18 heavy (non-hydrogen) atoms. The van der Waals surface area contributed by atoms with Crippen LogP contribution in [0, 0.1) is 17.8 Å². The minimum absolute atomic E-state index is 0.127. The molecule has 0 aromatic carbocycles. The van der Waals surface area contributed by atoms with Crippen LogP contribution in [0.4, 0.5) is 13.2 Å². The van der Waals surface area contributed by atoms with E-state index in [9.17, 15) is 18.0 Å². The molecule has 106 valence electrons. The molecule has 0 bridgehead atoms. The Bertz CT molecular complexity index is 290. The molecule has 1 rings (SSSR count). The van der Waals surface area contributed by atoms with E-state index in [0.717, 1.165) is 6.42 Å². The van der Waals surface area contributed by atoms with Gasteiger partial charge in [0.1, 0.15) is 5.78 Å². The van der Waals surface area contributed by atoms with E-state index in [1.165, 1.54) is 4.90 Å². The summed E-state index contributed by atoms with van der Waals surface area (Å²) in [7, 11) is 0. The van der Waals surface area contributed by atoms with Crippen molar-refractivity contribution < 1.29 is 18.0 Å². The van der Waals surface area contributed by atoms with Gasteiger partial charge in [0.2, 0.25) is 0 Å². The summed E-state index contributed by atoms with van der Waals surface area (Å²) >= 11 is 0. The van der Waals surface area contributed by atoms with Crippen LogP contribution in [-0.2, 0) is 4.79 Å². The number of halogens is 3. The van der Waals surface area contributed by atoms with E-state index < -0.39 is 12.7 Å². The Morgan fingerprint density at radius 2 is 1.94 bits per heavy atom. The maximum absolute atomic E-state index is 12.4. The van der Waals surface area contributed by atoms with E-state index in [4.69, 9.17) is 0 Å². The first-order chi connectivity index (χ1) is 8.23. The number of hydrogen-bond acceptors (Lipinski definition) is 2. The van der Waals surface area contributed by atoms with Gasteiger partial charge in [-0.05, 0) is 24.8 Å². The minimum atomic E-state index is -4.19. The summed E-state index contributed by atoms with van der Waals surface area (Å²) in [5, 5.41) is 0. The van der Waals surface area contributed by atoms with Gasteiger partial charge in [0.05, 0.1) is 6.54 Å². The first-order valence-corrected chi connectivity index (χ1v) is 6.54. The monoisotopic (exact) mass is 265 g/mol. The van der Waals surface area contributed by atoms with E-state index in [1.54, 1.807) is 6.92 Å². The highest BCUT2D eigenvalue weighted by Crippen LogP contribution is 2.32. The van der Waals surface area contributed by atoms with Gasteiger partial charge in [0.25, 0.3) is 0 Å². The minimum Gasteiger partial charge on any atom is -0.299 e.